The van der Waals surface area contributed by atoms with Gasteiger partial charge in [0.15, 0.2) is 0 Å². The van der Waals surface area contributed by atoms with Crippen LogP contribution in [-0.2, 0) is 9.59 Å². The largest absolute Gasteiger partial charge is 0.481 e. The van der Waals surface area contributed by atoms with Gasteiger partial charge < -0.3 is 10.4 Å². The minimum Gasteiger partial charge on any atom is -0.481 e. The number of rotatable bonds is 8. The summed E-state index contributed by atoms with van der Waals surface area (Å²) >= 11 is 1.38. The normalized spacial score (nSPS) is 12.1. The fourth-order valence-corrected chi connectivity index (χ4v) is 1.81. The fourth-order valence-electron chi connectivity index (χ4n) is 0.931. The number of carboxylic acids is 1. The van der Waals surface area contributed by atoms with Crippen LogP contribution >= 0.6 is 11.8 Å². The number of carbonyl (C=O) groups excluding carboxylic acids is 1. The lowest BCUT2D eigenvalue weighted by atomic mass is 10.3. The molecule has 0 rings (SSSR count). The van der Waals surface area contributed by atoms with Crippen LogP contribution in [0.1, 0.15) is 33.1 Å². The van der Waals surface area contributed by atoms with Crippen molar-refractivity contribution in [1.82, 2.24) is 5.32 Å². The smallest absolute Gasteiger partial charge is 0.304 e. The zero-order chi connectivity index (χ0) is 11.7. The maximum Gasteiger partial charge on any atom is 0.304 e. The Bertz CT molecular complexity index is 209. The number of nitrogens with one attached hydrogen (secondary N) is 1. The topological polar surface area (TPSA) is 66.4 Å². The Morgan fingerprint density at radius 3 is 2.67 bits per heavy atom. The second-order valence-corrected chi connectivity index (χ2v) is 4.75. The summed E-state index contributed by atoms with van der Waals surface area (Å²) < 4.78 is 0. The maximum atomic E-state index is 11.4. The second kappa shape index (κ2) is 8.59. The van der Waals surface area contributed by atoms with Crippen molar-refractivity contribution in [2.75, 3.05) is 12.3 Å². The van der Waals surface area contributed by atoms with Crippen molar-refractivity contribution in [1.29, 1.82) is 0 Å². The molecule has 0 aromatic heterocycles. The predicted octanol–water partition coefficient (Wildman–Crippen LogP) is 1.50. The van der Waals surface area contributed by atoms with Crippen LogP contribution < -0.4 is 5.32 Å². The summed E-state index contributed by atoms with van der Waals surface area (Å²) in [6.07, 6.45) is 2.15. The number of hydrogen-bond donors (Lipinski definition) is 2. The molecule has 2 N–H and O–H groups in total. The lowest BCUT2D eigenvalue weighted by Gasteiger charge is -2.10. The summed E-state index contributed by atoms with van der Waals surface area (Å²) in [5, 5.41) is 11.1. The summed E-state index contributed by atoms with van der Waals surface area (Å²) in [7, 11) is 0. The number of hydrogen-bond acceptors (Lipinski definition) is 3. The molecule has 1 atom stereocenters. The SMILES string of the molecule is CCCCNC(=O)C(C)SCCC(=O)O. The van der Waals surface area contributed by atoms with Gasteiger partial charge in [-0.1, -0.05) is 13.3 Å². The van der Waals surface area contributed by atoms with Gasteiger partial charge in [0.1, 0.15) is 0 Å². The van der Waals surface area contributed by atoms with E-state index in [-0.39, 0.29) is 17.6 Å². The number of thioether (sulfide) groups is 1. The first kappa shape index (κ1) is 14.3. The standard InChI is InChI=1S/C10H19NO3S/c1-3-4-6-11-10(14)8(2)15-7-5-9(12)13/h8H,3-7H2,1-2H3,(H,11,14)(H,12,13). The van der Waals surface area contributed by atoms with Gasteiger partial charge in [-0.3, -0.25) is 9.59 Å². The van der Waals surface area contributed by atoms with Crippen LogP contribution in [-0.4, -0.2) is 34.5 Å². The number of amides is 1. The third-order valence-electron chi connectivity index (χ3n) is 1.88. The van der Waals surface area contributed by atoms with E-state index in [9.17, 15) is 9.59 Å². The van der Waals surface area contributed by atoms with Crippen molar-refractivity contribution in [3.05, 3.63) is 0 Å². The first-order valence-electron chi connectivity index (χ1n) is 5.19. The average molecular weight is 233 g/mol. The second-order valence-electron chi connectivity index (χ2n) is 3.30. The molecule has 0 bridgehead atoms. The molecule has 0 fully saturated rings. The monoisotopic (exact) mass is 233 g/mol. The van der Waals surface area contributed by atoms with Crippen LogP contribution in [0.15, 0.2) is 0 Å². The van der Waals surface area contributed by atoms with E-state index in [1.165, 1.54) is 11.8 Å². The molecule has 5 heteroatoms. The Hall–Kier alpha value is -0.710. The molecular formula is C10H19NO3S. The maximum absolute atomic E-state index is 11.4. The molecule has 88 valence electrons. The van der Waals surface area contributed by atoms with Gasteiger partial charge in [-0.25, -0.2) is 0 Å². The highest BCUT2D eigenvalue weighted by molar-refractivity contribution is 8.00. The zero-order valence-corrected chi connectivity index (χ0v) is 10.1. The van der Waals surface area contributed by atoms with Gasteiger partial charge in [-0.15, -0.1) is 11.8 Å². The molecule has 0 aliphatic heterocycles. The van der Waals surface area contributed by atoms with E-state index in [1.807, 2.05) is 0 Å². The average Bonchev–Trinajstić information content (AvgIpc) is 2.17. The van der Waals surface area contributed by atoms with E-state index >= 15 is 0 Å². The minimum atomic E-state index is -0.818. The van der Waals surface area contributed by atoms with Crippen LogP contribution in [0.5, 0.6) is 0 Å². The predicted molar refractivity (Wildman–Crippen MR) is 62.1 cm³/mol. The molecule has 0 aromatic rings. The van der Waals surface area contributed by atoms with E-state index < -0.39 is 5.97 Å². The summed E-state index contributed by atoms with van der Waals surface area (Å²) in [5.74, 6) is -0.336. The fraction of sp³-hybridized carbons (Fsp3) is 0.800. The van der Waals surface area contributed by atoms with E-state index in [2.05, 4.69) is 12.2 Å². The lowest BCUT2D eigenvalue weighted by Crippen LogP contribution is -2.31. The van der Waals surface area contributed by atoms with Crippen molar-refractivity contribution in [3.63, 3.8) is 0 Å². The highest BCUT2D eigenvalue weighted by Gasteiger charge is 2.12. The number of aliphatic carboxylic acids is 1. The van der Waals surface area contributed by atoms with Crippen LogP contribution in [0.2, 0.25) is 0 Å². The summed E-state index contributed by atoms with van der Waals surface area (Å²) in [5.41, 5.74) is 0. The van der Waals surface area contributed by atoms with Crippen LogP contribution in [0.25, 0.3) is 0 Å². The number of carboxylic acid groups (broad SMARTS) is 1. The van der Waals surface area contributed by atoms with Gasteiger partial charge in [0.2, 0.25) is 5.91 Å². The lowest BCUT2D eigenvalue weighted by molar-refractivity contribution is -0.136. The van der Waals surface area contributed by atoms with Gasteiger partial charge in [-0.05, 0) is 13.3 Å². The van der Waals surface area contributed by atoms with E-state index in [0.29, 0.717) is 12.3 Å². The van der Waals surface area contributed by atoms with Gasteiger partial charge >= 0.3 is 5.97 Å². The molecular weight excluding hydrogens is 214 g/mol. The van der Waals surface area contributed by atoms with E-state index in [1.54, 1.807) is 6.92 Å². The van der Waals surface area contributed by atoms with Crippen LogP contribution in [0.4, 0.5) is 0 Å². The van der Waals surface area contributed by atoms with Crippen molar-refractivity contribution >= 4 is 23.6 Å². The molecule has 0 aliphatic rings. The molecule has 0 saturated carbocycles. The van der Waals surface area contributed by atoms with E-state index in [0.717, 1.165) is 12.8 Å². The molecule has 4 nitrogen and oxygen atoms in total. The first-order valence-corrected chi connectivity index (χ1v) is 6.24. The molecule has 15 heavy (non-hydrogen) atoms. The summed E-state index contributed by atoms with van der Waals surface area (Å²) in [6.45, 7) is 4.57. The molecule has 0 heterocycles. The Morgan fingerprint density at radius 1 is 1.47 bits per heavy atom. The Kier molecular flexibility index (Phi) is 8.18. The van der Waals surface area contributed by atoms with Crippen molar-refractivity contribution in [3.8, 4) is 0 Å². The van der Waals surface area contributed by atoms with Gasteiger partial charge in [0, 0.05) is 12.3 Å². The highest BCUT2D eigenvalue weighted by Crippen LogP contribution is 2.11. The molecule has 0 radical (unpaired) electrons. The van der Waals surface area contributed by atoms with Crippen molar-refractivity contribution in [2.24, 2.45) is 0 Å². The van der Waals surface area contributed by atoms with Crippen molar-refractivity contribution in [2.45, 2.75) is 38.4 Å². The first-order chi connectivity index (χ1) is 7.07. The van der Waals surface area contributed by atoms with Crippen LogP contribution in [0, 0.1) is 0 Å². The Morgan fingerprint density at radius 2 is 2.13 bits per heavy atom. The van der Waals surface area contributed by atoms with Gasteiger partial charge in [0.05, 0.1) is 11.7 Å². The highest BCUT2D eigenvalue weighted by atomic mass is 32.2. The zero-order valence-electron chi connectivity index (χ0n) is 9.28. The summed E-state index contributed by atoms with van der Waals surface area (Å²) in [4.78, 5) is 21.7. The molecule has 0 saturated heterocycles. The summed E-state index contributed by atoms with van der Waals surface area (Å²) in [6, 6.07) is 0. The van der Waals surface area contributed by atoms with Gasteiger partial charge in [-0.2, -0.15) is 0 Å². The molecule has 1 unspecified atom stereocenters. The Labute approximate surface area is 94.8 Å². The number of unbranched alkanes of at least 4 members (excludes halogenated alkanes) is 1. The molecule has 0 spiro atoms. The van der Waals surface area contributed by atoms with Crippen LogP contribution in [0.3, 0.4) is 0 Å². The quantitative estimate of drug-likeness (QED) is 0.623. The van der Waals surface area contributed by atoms with E-state index in [4.69, 9.17) is 5.11 Å². The minimum absolute atomic E-state index is 0.00108. The third kappa shape index (κ3) is 8.30. The van der Waals surface area contributed by atoms with Crippen molar-refractivity contribution < 1.29 is 14.7 Å². The molecule has 0 aromatic carbocycles. The Balaban J connectivity index is 3.55. The van der Waals surface area contributed by atoms with Gasteiger partial charge in [0.25, 0.3) is 0 Å². The molecule has 1 amide bonds. The molecule has 0 aliphatic carbocycles. The third-order valence-corrected chi connectivity index (χ3v) is 3.04. The number of carbonyl (C=O) groups is 2.